The predicted octanol–water partition coefficient (Wildman–Crippen LogP) is 5.45. The lowest BCUT2D eigenvalue weighted by molar-refractivity contribution is -0.0343. The van der Waals surface area contributed by atoms with Gasteiger partial charge in [-0.1, -0.05) is 56.3 Å². The second kappa shape index (κ2) is 11.1. The van der Waals surface area contributed by atoms with E-state index in [4.69, 9.17) is 9.47 Å². The smallest absolute Gasteiger partial charge is 0.338 e. The topological polar surface area (TPSA) is 52.6 Å². The summed E-state index contributed by atoms with van der Waals surface area (Å²) in [5.41, 5.74) is 1.01. The van der Waals surface area contributed by atoms with Crippen LogP contribution in [0.1, 0.15) is 53.8 Å². The summed E-state index contributed by atoms with van der Waals surface area (Å²) < 4.78 is 11.6. The molecule has 2 aromatic carbocycles. The normalized spacial score (nSPS) is 13.8. The summed E-state index contributed by atoms with van der Waals surface area (Å²) in [7, 11) is 0. The van der Waals surface area contributed by atoms with Crippen molar-refractivity contribution >= 4 is 11.9 Å². The van der Waals surface area contributed by atoms with E-state index in [9.17, 15) is 9.59 Å². The van der Waals surface area contributed by atoms with Gasteiger partial charge in [0, 0.05) is 5.92 Å². The van der Waals surface area contributed by atoms with Gasteiger partial charge in [-0.25, -0.2) is 9.59 Å². The number of esters is 2. The predicted molar refractivity (Wildman–Crippen MR) is 110 cm³/mol. The van der Waals surface area contributed by atoms with Crippen LogP contribution in [-0.4, -0.2) is 24.1 Å². The zero-order chi connectivity index (χ0) is 20.4. The molecule has 0 aliphatic carbocycles. The van der Waals surface area contributed by atoms with Crippen LogP contribution in [0.2, 0.25) is 0 Å². The molecule has 0 aromatic heterocycles. The van der Waals surface area contributed by atoms with Gasteiger partial charge in [-0.2, -0.15) is 0 Å². The molecule has 148 valence electrons. The van der Waals surface area contributed by atoms with E-state index in [1.807, 2.05) is 26.0 Å². The van der Waals surface area contributed by atoms with Gasteiger partial charge in [0.25, 0.3) is 0 Å². The minimum Gasteiger partial charge on any atom is -0.458 e. The SMILES string of the molecule is C=CCC(C(CC)OC(=O)c1ccccc1)C(CC)OC(=O)c1ccccc1. The van der Waals surface area contributed by atoms with Gasteiger partial charge in [-0.05, 0) is 43.5 Å². The Morgan fingerprint density at radius 1 is 0.821 bits per heavy atom. The standard InChI is InChI=1S/C24H28O4/c1-4-13-20(21(5-2)27-23(25)18-14-9-7-10-15-18)22(6-3)28-24(26)19-16-11-8-12-17-19/h4,7-12,14-17,20-22H,1,5-6,13H2,2-3H3. The Balaban J connectivity index is 2.15. The van der Waals surface area contributed by atoms with Crippen LogP contribution < -0.4 is 0 Å². The van der Waals surface area contributed by atoms with Gasteiger partial charge in [-0.3, -0.25) is 0 Å². The van der Waals surface area contributed by atoms with Crippen LogP contribution in [0.3, 0.4) is 0 Å². The van der Waals surface area contributed by atoms with E-state index in [0.29, 0.717) is 30.4 Å². The first-order valence-electron chi connectivity index (χ1n) is 9.73. The van der Waals surface area contributed by atoms with Gasteiger partial charge >= 0.3 is 11.9 Å². The van der Waals surface area contributed by atoms with Crippen LogP contribution in [0.25, 0.3) is 0 Å². The molecule has 0 spiro atoms. The largest absolute Gasteiger partial charge is 0.458 e. The third-order valence-electron chi connectivity index (χ3n) is 4.73. The average molecular weight is 380 g/mol. The molecule has 2 atom stereocenters. The van der Waals surface area contributed by atoms with Crippen LogP contribution in [0.5, 0.6) is 0 Å². The number of hydrogen-bond acceptors (Lipinski definition) is 4. The van der Waals surface area contributed by atoms with Crippen molar-refractivity contribution in [3.63, 3.8) is 0 Å². The highest BCUT2D eigenvalue weighted by Crippen LogP contribution is 2.26. The van der Waals surface area contributed by atoms with Gasteiger partial charge < -0.3 is 9.47 Å². The summed E-state index contributed by atoms with van der Waals surface area (Å²) in [4.78, 5) is 25.0. The molecule has 0 radical (unpaired) electrons. The molecule has 0 N–H and O–H groups in total. The molecule has 0 fully saturated rings. The fourth-order valence-corrected chi connectivity index (χ4v) is 3.24. The lowest BCUT2D eigenvalue weighted by Crippen LogP contribution is -2.37. The first-order valence-corrected chi connectivity index (χ1v) is 9.73. The highest BCUT2D eigenvalue weighted by atomic mass is 16.6. The van der Waals surface area contributed by atoms with E-state index in [0.717, 1.165) is 0 Å². The van der Waals surface area contributed by atoms with E-state index < -0.39 is 0 Å². The van der Waals surface area contributed by atoms with Gasteiger partial charge in [0.05, 0.1) is 11.1 Å². The molecule has 0 heterocycles. The Kier molecular flexibility index (Phi) is 8.47. The molecule has 0 saturated carbocycles. The van der Waals surface area contributed by atoms with E-state index in [-0.39, 0.29) is 30.1 Å². The van der Waals surface area contributed by atoms with Crippen LogP contribution >= 0.6 is 0 Å². The molecule has 0 aliphatic rings. The second-order valence-corrected chi connectivity index (χ2v) is 6.62. The number of carbonyl (C=O) groups is 2. The minimum atomic E-state index is -0.376. The summed E-state index contributed by atoms with van der Waals surface area (Å²) in [5, 5.41) is 0. The molecule has 4 nitrogen and oxygen atoms in total. The molecule has 0 amide bonds. The summed E-state index contributed by atoms with van der Waals surface area (Å²) in [6.07, 6.45) is 2.86. The third kappa shape index (κ3) is 5.81. The van der Waals surface area contributed by atoms with Gasteiger partial charge in [0.15, 0.2) is 0 Å². The Bertz CT molecular complexity index is 693. The maximum absolute atomic E-state index is 12.5. The lowest BCUT2D eigenvalue weighted by atomic mass is 9.89. The second-order valence-electron chi connectivity index (χ2n) is 6.62. The molecule has 28 heavy (non-hydrogen) atoms. The molecule has 0 bridgehead atoms. The first-order chi connectivity index (χ1) is 13.6. The Morgan fingerprint density at radius 3 is 1.54 bits per heavy atom. The van der Waals surface area contributed by atoms with Crippen molar-refractivity contribution < 1.29 is 19.1 Å². The van der Waals surface area contributed by atoms with Crippen LogP contribution in [0.4, 0.5) is 0 Å². The van der Waals surface area contributed by atoms with E-state index in [1.165, 1.54) is 0 Å². The number of ether oxygens (including phenoxy) is 2. The van der Waals surface area contributed by atoms with Crippen LogP contribution in [-0.2, 0) is 9.47 Å². The number of allylic oxidation sites excluding steroid dienone is 1. The van der Waals surface area contributed by atoms with Crippen molar-refractivity contribution in [2.75, 3.05) is 0 Å². The number of rotatable bonds is 10. The Hall–Kier alpha value is -2.88. The monoisotopic (exact) mass is 380 g/mol. The molecule has 0 saturated heterocycles. The van der Waals surface area contributed by atoms with E-state index in [2.05, 4.69) is 6.58 Å². The van der Waals surface area contributed by atoms with Crippen molar-refractivity contribution in [3.8, 4) is 0 Å². The molecule has 2 aromatic rings. The van der Waals surface area contributed by atoms with E-state index >= 15 is 0 Å². The fraction of sp³-hybridized carbons (Fsp3) is 0.333. The average Bonchev–Trinajstić information content (AvgIpc) is 2.75. The number of carbonyl (C=O) groups excluding carboxylic acids is 2. The van der Waals surface area contributed by atoms with Gasteiger partial charge in [0.1, 0.15) is 12.2 Å². The highest BCUT2D eigenvalue weighted by molar-refractivity contribution is 5.90. The Labute approximate surface area is 167 Å². The summed E-state index contributed by atoms with van der Waals surface area (Å²) in [6, 6.07) is 17.8. The number of hydrogen-bond donors (Lipinski definition) is 0. The molecule has 2 unspecified atom stereocenters. The highest BCUT2D eigenvalue weighted by Gasteiger charge is 2.32. The molecular weight excluding hydrogens is 352 g/mol. The number of benzene rings is 2. The maximum Gasteiger partial charge on any atom is 0.338 e. The van der Waals surface area contributed by atoms with Crippen molar-refractivity contribution in [1.29, 1.82) is 0 Å². The van der Waals surface area contributed by atoms with Crippen molar-refractivity contribution in [1.82, 2.24) is 0 Å². The van der Waals surface area contributed by atoms with Crippen LogP contribution in [0.15, 0.2) is 73.3 Å². The molecule has 0 aliphatic heterocycles. The first kappa shape index (κ1) is 21.4. The Morgan fingerprint density at radius 2 is 1.21 bits per heavy atom. The minimum absolute atomic E-state index is 0.159. The maximum atomic E-state index is 12.5. The fourth-order valence-electron chi connectivity index (χ4n) is 3.24. The zero-order valence-corrected chi connectivity index (χ0v) is 16.5. The van der Waals surface area contributed by atoms with Gasteiger partial charge in [0.2, 0.25) is 0 Å². The third-order valence-corrected chi connectivity index (χ3v) is 4.73. The van der Waals surface area contributed by atoms with Crippen molar-refractivity contribution in [2.24, 2.45) is 5.92 Å². The quantitative estimate of drug-likeness (QED) is 0.406. The zero-order valence-electron chi connectivity index (χ0n) is 16.5. The summed E-state index contributed by atoms with van der Waals surface area (Å²) in [5.74, 6) is -0.899. The molecule has 4 heteroatoms. The van der Waals surface area contributed by atoms with Gasteiger partial charge in [-0.15, -0.1) is 6.58 Å². The van der Waals surface area contributed by atoms with Crippen molar-refractivity contribution in [3.05, 3.63) is 84.4 Å². The lowest BCUT2D eigenvalue weighted by Gasteiger charge is -2.31. The van der Waals surface area contributed by atoms with Crippen LogP contribution in [0, 0.1) is 5.92 Å². The molecule has 2 rings (SSSR count). The summed E-state index contributed by atoms with van der Waals surface area (Å²) >= 11 is 0. The van der Waals surface area contributed by atoms with E-state index in [1.54, 1.807) is 54.6 Å². The molecular formula is C24H28O4. The summed E-state index contributed by atoms with van der Waals surface area (Å²) in [6.45, 7) is 7.75. The van der Waals surface area contributed by atoms with Crippen molar-refractivity contribution in [2.45, 2.75) is 45.3 Å².